The molecule has 0 aliphatic carbocycles. The van der Waals surface area contributed by atoms with Crippen LogP contribution in [0.1, 0.15) is 22.8 Å². The molecule has 2 aromatic rings. The van der Waals surface area contributed by atoms with Crippen molar-refractivity contribution < 1.29 is 22.7 Å². The first kappa shape index (κ1) is 21.6. The molecule has 2 heterocycles. The van der Waals surface area contributed by atoms with E-state index in [1.165, 1.54) is 35.2 Å². The van der Waals surface area contributed by atoms with Gasteiger partial charge in [-0.2, -0.15) is 4.31 Å². The van der Waals surface area contributed by atoms with Crippen LogP contribution in [0.25, 0.3) is 0 Å². The predicted octanol–water partition coefficient (Wildman–Crippen LogP) is 2.35. The molecule has 1 N–H and O–H groups in total. The van der Waals surface area contributed by atoms with Gasteiger partial charge in [0.05, 0.1) is 30.8 Å². The van der Waals surface area contributed by atoms with Crippen molar-refractivity contribution in [1.29, 1.82) is 0 Å². The average molecular weight is 446 g/mol. The lowest BCUT2D eigenvalue weighted by Crippen LogP contribution is -2.40. The molecule has 0 unspecified atom stereocenters. The Hall–Kier alpha value is -2.62. The van der Waals surface area contributed by atoms with Crippen LogP contribution in [0.4, 0.5) is 11.4 Å². The first-order valence-corrected chi connectivity index (χ1v) is 11.8. The molecule has 31 heavy (non-hydrogen) atoms. The minimum Gasteiger partial charge on any atom is -0.496 e. The zero-order valence-electron chi connectivity index (χ0n) is 17.8. The van der Waals surface area contributed by atoms with Crippen molar-refractivity contribution in [3.05, 3.63) is 47.5 Å². The number of rotatable bonds is 6. The van der Waals surface area contributed by atoms with Crippen LogP contribution in [0.5, 0.6) is 5.75 Å². The molecule has 9 heteroatoms. The molecule has 0 saturated carbocycles. The summed E-state index contributed by atoms with van der Waals surface area (Å²) in [5, 5.41) is 2.89. The fourth-order valence-corrected chi connectivity index (χ4v) is 5.45. The van der Waals surface area contributed by atoms with Crippen molar-refractivity contribution in [3.63, 3.8) is 0 Å². The van der Waals surface area contributed by atoms with Crippen LogP contribution < -0.4 is 15.0 Å². The Bertz CT molecular complexity index is 1080. The SMILES string of the molecule is CCN1CCc2ccc(NC(=O)c3cc(S(=O)(=O)N4CCOCC4)ccc3OC)cc21. The molecule has 2 aromatic carbocycles. The van der Waals surface area contributed by atoms with E-state index >= 15 is 0 Å². The molecule has 8 nitrogen and oxygen atoms in total. The van der Waals surface area contributed by atoms with Gasteiger partial charge in [0.25, 0.3) is 5.91 Å². The maximum Gasteiger partial charge on any atom is 0.259 e. The number of sulfonamides is 1. The first-order valence-electron chi connectivity index (χ1n) is 10.4. The zero-order chi connectivity index (χ0) is 22.0. The van der Waals surface area contributed by atoms with E-state index in [1.54, 1.807) is 0 Å². The second-order valence-corrected chi connectivity index (χ2v) is 9.44. The van der Waals surface area contributed by atoms with Crippen LogP contribution in [-0.4, -0.2) is 65.1 Å². The van der Waals surface area contributed by atoms with Gasteiger partial charge >= 0.3 is 0 Å². The van der Waals surface area contributed by atoms with Gasteiger partial charge in [-0.3, -0.25) is 4.79 Å². The smallest absolute Gasteiger partial charge is 0.259 e. The molecule has 2 aliphatic rings. The van der Waals surface area contributed by atoms with E-state index < -0.39 is 15.9 Å². The Morgan fingerprint density at radius 2 is 1.90 bits per heavy atom. The molecule has 0 aromatic heterocycles. The van der Waals surface area contributed by atoms with Crippen molar-refractivity contribution in [2.45, 2.75) is 18.2 Å². The number of hydrogen-bond acceptors (Lipinski definition) is 6. The Morgan fingerprint density at radius 3 is 2.61 bits per heavy atom. The zero-order valence-corrected chi connectivity index (χ0v) is 18.6. The highest BCUT2D eigenvalue weighted by Crippen LogP contribution is 2.31. The van der Waals surface area contributed by atoms with Crippen molar-refractivity contribution >= 4 is 27.3 Å². The summed E-state index contributed by atoms with van der Waals surface area (Å²) in [5.41, 5.74) is 3.21. The fourth-order valence-electron chi connectivity index (χ4n) is 4.01. The van der Waals surface area contributed by atoms with Gasteiger partial charge in [-0.1, -0.05) is 6.07 Å². The molecule has 4 rings (SSSR count). The van der Waals surface area contributed by atoms with Gasteiger partial charge in [0, 0.05) is 37.6 Å². The Balaban J connectivity index is 1.61. The van der Waals surface area contributed by atoms with Crippen LogP contribution >= 0.6 is 0 Å². The number of fused-ring (bicyclic) bond motifs is 1. The van der Waals surface area contributed by atoms with E-state index in [4.69, 9.17) is 9.47 Å². The summed E-state index contributed by atoms with van der Waals surface area (Å²) in [6.07, 6.45) is 0.993. The van der Waals surface area contributed by atoms with Gasteiger partial charge in [-0.05, 0) is 49.2 Å². The monoisotopic (exact) mass is 445 g/mol. The van der Waals surface area contributed by atoms with E-state index in [0.29, 0.717) is 37.7 Å². The lowest BCUT2D eigenvalue weighted by atomic mass is 10.1. The van der Waals surface area contributed by atoms with Crippen LogP contribution in [-0.2, 0) is 21.2 Å². The van der Waals surface area contributed by atoms with Crippen molar-refractivity contribution in [2.24, 2.45) is 0 Å². The van der Waals surface area contributed by atoms with E-state index in [2.05, 4.69) is 17.1 Å². The standard InChI is InChI=1S/C22H27N3O5S/c1-3-24-9-8-16-4-5-17(14-20(16)24)23-22(26)19-15-18(6-7-21(19)29-2)31(27,28)25-10-12-30-13-11-25/h4-7,14-15H,3,8-13H2,1-2H3,(H,23,26). The van der Waals surface area contributed by atoms with E-state index in [0.717, 1.165) is 25.2 Å². The highest BCUT2D eigenvalue weighted by Gasteiger charge is 2.28. The van der Waals surface area contributed by atoms with Crippen LogP contribution in [0.3, 0.4) is 0 Å². The van der Waals surface area contributed by atoms with Gasteiger partial charge in [0.15, 0.2) is 0 Å². The Labute approximate surface area is 182 Å². The first-order chi connectivity index (χ1) is 14.9. The summed E-state index contributed by atoms with van der Waals surface area (Å²) < 4.78 is 38.0. The van der Waals surface area contributed by atoms with E-state index in [9.17, 15) is 13.2 Å². The minimum absolute atomic E-state index is 0.0615. The lowest BCUT2D eigenvalue weighted by molar-refractivity contribution is 0.0730. The summed E-state index contributed by atoms with van der Waals surface area (Å²) in [4.78, 5) is 15.4. The molecule has 0 radical (unpaired) electrons. The summed E-state index contributed by atoms with van der Waals surface area (Å²) in [5.74, 6) is -0.105. The van der Waals surface area contributed by atoms with E-state index in [1.807, 2.05) is 18.2 Å². The number of nitrogens with one attached hydrogen (secondary N) is 1. The highest BCUT2D eigenvalue weighted by atomic mass is 32.2. The third kappa shape index (κ3) is 4.26. The number of ether oxygens (including phenoxy) is 2. The molecule has 166 valence electrons. The molecule has 0 spiro atoms. The maximum absolute atomic E-state index is 13.1. The largest absolute Gasteiger partial charge is 0.496 e. The Morgan fingerprint density at radius 1 is 1.13 bits per heavy atom. The summed E-state index contributed by atoms with van der Waals surface area (Å²) >= 11 is 0. The van der Waals surface area contributed by atoms with Gasteiger partial charge in [0.2, 0.25) is 10.0 Å². The number of nitrogens with zero attached hydrogens (tertiary/aromatic N) is 2. The predicted molar refractivity (Wildman–Crippen MR) is 119 cm³/mol. The van der Waals surface area contributed by atoms with Crippen LogP contribution in [0.15, 0.2) is 41.3 Å². The Kier molecular flexibility index (Phi) is 6.17. The normalized spacial score (nSPS) is 16.8. The maximum atomic E-state index is 13.1. The molecule has 2 aliphatic heterocycles. The second kappa shape index (κ2) is 8.86. The van der Waals surface area contributed by atoms with Gasteiger partial charge < -0.3 is 19.7 Å². The molecular weight excluding hydrogens is 418 g/mol. The molecule has 0 bridgehead atoms. The van der Waals surface area contributed by atoms with Gasteiger partial charge in [-0.15, -0.1) is 0 Å². The number of carbonyl (C=O) groups excluding carboxylic acids is 1. The number of amides is 1. The second-order valence-electron chi connectivity index (χ2n) is 7.51. The average Bonchev–Trinajstić information content (AvgIpc) is 3.21. The topological polar surface area (TPSA) is 88.2 Å². The summed E-state index contributed by atoms with van der Waals surface area (Å²) in [6.45, 7) is 5.27. The number of benzene rings is 2. The molecule has 1 amide bonds. The number of methoxy groups -OCH3 is 1. The van der Waals surface area contributed by atoms with Crippen molar-refractivity contribution in [1.82, 2.24) is 4.31 Å². The lowest BCUT2D eigenvalue weighted by Gasteiger charge is -2.26. The summed E-state index contributed by atoms with van der Waals surface area (Å²) in [6, 6.07) is 10.2. The van der Waals surface area contributed by atoms with Gasteiger partial charge in [0.1, 0.15) is 5.75 Å². The molecular formula is C22H27N3O5S. The third-order valence-corrected chi connectivity index (χ3v) is 7.63. The van der Waals surface area contributed by atoms with Gasteiger partial charge in [-0.25, -0.2) is 8.42 Å². The number of anilines is 2. The van der Waals surface area contributed by atoms with Crippen molar-refractivity contribution in [2.75, 3.05) is 56.7 Å². The minimum atomic E-state index is -3.72. The quantitative estimate of drug-likeness (QED) is 0.734. The van der Waals surface area contributed by atoms with E-state index in [-0.39, 0.29) is 10.5 Å². The molecule has 0 atom stereocenters. The number of morpholine rings is 1. The third-order valence-electron chi connectivity index (χ3n) is 5.74. The highest BCUT2D eigenvalue weighted by molar-refractivity contribution is 7.89. The van der Waals surface area contributed by atoms with Crippen LogP contribution in [0, 0.1) is 0 Å². The molecule has 1 fully saturated rings. The molecule has 1 saturated heterocycles. The summed E-state index contributed by atoms with van der Waals surface area (Å²) in [7, 11) is -2.27. The fraction of sp³-hybridized carbons (Fsp3) is 0.409. The number of hydrogen-bond donors (Lipinski definition) is 1. The number of likely N-dealkylation sites (N-methyl/N-ethyl adjacent to an activating group) is 1. The number of carbonyl (C=O) groups is 1. The van der Waals surface area contributed by atoms with Crippen molar-refractivity contribution in [3.8, 4) is 5.75 Å². The van der Waals surface area contributed by atoms with Crippen LogP contribution in [0.2, 0.25) is 0 Å².